The molecule has 26 heavy (non-hydrogen) atoms. The lowest BCUT2D eigenvalue weighted by Gasteiger charge is -2.28. The molecule has 7 nitrogen and oxygen atoms in total. The number of carbonyl (C=O) groups excluding carboxylic acids is 3. The van der Waals surface area contributed by atoms with Gasteiger partial charge >= 0.3 is 12.1 Å². The monoisotopic (exact) mass is 380 g/mol. The zero-order chi connectivity index (χ0) is 19.1. The zero-order valence-corrected chi connectivity index (χ0v) is 16.0. The maximum Gasteiger partial charge on any atom is 0.424 e. The Labute approximate surface area is 157 Å². The average molecular weight is 380 g/mol. The summed E-state index contributed by atoms with van der Waals surface area (Å²) in [6, 6.07) is 8.02. The van der Waals surface area contributed by atoms with Gasteiger partial charge in [-0.1, -0.05) is 43.8 Å². The molecule has 0 unspecified atom stereocenters. The van der Waals surface area contributed by atoms with Crippen molar-refractivity contribution < 1.29 is 23.9 Å². The molecule has 1 N–H and O–H groups in total. The minimum atomic E-state index is -0.953. The summed E-state index contributed by atoms with van der Waals surface area (Å²) in [4.78, 5) is 37.4. The number of amides is 1. The highest BCUT2D eigenvalue weighted by Gasteiger charge is 2.38. The van der Waals surface area contributed by atoms with E-state index in [4.69, 9.17) is 9.47 Å². The molecule has 0 bridgehead atoms. The Bertz CT molecular complexity index is 638. The summed E-state index contributed by atoms with van der Waals surface area (Å²) < 4.78 is 10.1. The van der Waals surface area contributed by atoms with Crippen molar-refractivity contribution in [2.45, 2.75) is 44.2 Å². The molecule has 0 aromatic heterocycles. The fourth-order valence-corrected chi connectivity index (χ4v) is 3.30. The number of nitrogens with one attached hydrogen (secondary N) is 1. The van der Waals surface area contributed by atoms with Crippen LogP contribution < -0.4 is 5.43 Å². The largest absolute Gasteiger partial charge is 0.465 e. The first-order chi connectivity index (χ1) is 12.4. The van der Waals surface area contributed by atoms with Crippen molar-refractivity contribution in [3.8, 4) is 0 Å². The Kier molecular flexibility index (Phi) is 7.47. The first-order valence-corrected chi connectivity index (χ1v) is 9.38. The van der Waals surface area contributed by atoms with Gasteiger partial charge in [0, 0.05) is 11.3 Å². The van der Waals surface area contributed by atoms with Crippen molar-refractivity contribution in [2.24, 2.45) is 5.92 Å². The van der Waals surface area contributed by atoms with Gasteiger partial charge in [0.15, 0.2) is 5.12 Å². The molecule has 1 aliphatic rings. The van der Waals surface area contributed by atoms with Crippen LogP contribution in [0.5, 0.6) is 0 Å². The molecule has 8 heteroatoms. The summed E-state index contributed by atoms with van der Waals surface area (Å²) in [5.74, 6) is -0.442. The van der Waals surface area contributed by atoms with Crippen LogP contribution in [0.4, 0.5) is 4.79 Å². The van der Waals surface area contributed by atoms with Crippen molar-refractivity contribution in [3.05, 3.63) is 30.3 Å². The van der Waals surface area contributed by atoms with E-state index in [0.717, 1.165) is 16.7 Å². The van der Waals surface area contributed by atoms with Crippen molar-refractivity contribution in [1.82, 2.24) is 10.4 Å². The first-order valence-electron chi connectivity index (χ1n) is 8.56. The van der Waals surface area contributed by atoms with E-state index < -0.39 is 18.1 Å². The predicted molar refractivity (Wildman–Crippen MR) is 97.3 cm³/mol. The summed E-state index contributed by atoms with van der Waals surface area (Å²) in [6.45, 7) is 6.03. The van der Waals surface area contributed by atoms with Gasteiger partial charge in [-0.05, 0) is 25.0 Å². The third kappa shape index (κ3) is 5.47. The SMILES string of the molecule is CCOC(=O)[C@H](CC(=O)Sc1ccccc1)NN1C(=O)OC[C@@H]1C(C)C. The highest BCUT2D eigenvalue weighted by Crippen LogP contribution is 2.22. The van der Waals surface area contributed by atoms with Crippen molar-refractivity contribution in [3.63, 3.8) is 0 Å². The molecule has 1 aromatic rings. The minimum absolute atomic E-state index is 0.104. The van der Waals surface area contributed by atoms with E-state index in [1.165, 1.54) is 5.01 Å². The number of hydrazine groups is 1. The molecule has 2 rings (SSSR count). The number of rotatable bonds is 8. The summed E-state index contributed by atoms with van der Waals surface area (Å²) in [5.41, 5.74) is 2.85. The molecule has 0 spiro atoms. The van der Waals surface area contributed by atoms with Crippen LogP contribution in [0.15, 0.2) is 35.2 Å². The summed E-state index contributed by atoms with van der Waals surface area (Å²) in [5, 5.41) is 1.10. The van der Waals surface area contributed by atoms with Crippen LogP contribution in [0.3, 0.4) is 0 Å². The summed E-state index contributed by atoms with van der Waals surface area (Å²) in [7, 11) is 0. The Morgan fingerprint density at radius 2 is 2.04 bits per heavy atom. The molecule has 2 atom stereocenters. The lowest BCUT2D eigenvalue weighted by atomic mass is 10.1. The van der Waals surface area contributed by atoms with Gasteiger partial charge in [-0.15, -0.1) is 0 Å². The van der Waals surface area contributed by atoms with Gasteiger partial charge < -0.3 is 9.47 Å². The van der Waals surface area contributed by atoms with Crippen LogP contribution in [0.2, 0.25) is 0 Å². The topological polar surface area (TPSA) is 84.9 Å². The minimum Gasteiger partial charge on any atom is -0.465 e. The van der Waals surface area contributed by atoms with E-state index in [-0.39, 0.29) is 36.7 Å². The molecular weight excluding hydrogens is 356 g/mol. The van der Waals surface area contributed by atoms with Crippen LogP contribution in [0, 0.1) is 5.92 Å². The standard InChI is InChI=1S/C18H24N2O5S/c1-4-24-17(22)14(10-16(21)26-13-8-6-5-7-9-13)19-20-15(12(2)3)11-25-18(20)23/h5-9,12,14-15,19H,4,10-11H2,1-3H3/t14-,15+/m0/s1. The smallest absolute Gasteiger partial charge is 0.424 e. The fraction of sp³-hybridized carbons (Fsp3) is 0.500. The molecule has 1 aromatic carbocycles. The van der Waals surface area contributed by atoms with Crippen LogP contribution >= 0.6 is 11.8 Å². The van der Waals surface area contributed by atoms with E-state index in [0.29, 0.717) is 0 Å². The highest BCUT2D eigenvalue weighted by molar-refractivity contribution is 8.13. The van der Waals surface area contributed by atoms with E-state index in [2.05, 4.69) is 5.43 Å². The van der Waals surface area contributed by atoms with E-state index in [9.17, 15) is 14.4 Å². The van der Waals surface area contributed by atoms with Gasteiger partial charge in [-0.25, -0.2) is 15.2 Å². The lowest BCUT2D eigenvalue weighted by Crippen LogP contribution is -2.54. The summed E-state index contributed by atoms with van der Waals surface area (Å²) in [6.07, 6.45) is -0.659. The quantitative estimate of drug-likeness (QED) is 0.548. The number of thioether (sulfide) groups is 1. The number of ether oxygens (including phenoxy) is 2. The number of hydrogen-bond donors (Lipinski definition) is 1. The highest BCUT2D eigenvalue weighted by atomic mass is 32.2. The molecule has 0 aliphatic carbocycles. The fourth-order valence-electron chi connectivity index (χ4n) is 2.50. The number of nitrogens with zero attached hydrogens (tertiary/aromatic N) is 1. The number of hydrogen-bond acceptors (Lipinski definition) is 7. The second-order valence-corrected chi connectivity index (χ2v) is 7.31. The van der Waals surface area contributed by atoms with Crippen LogP contribution in [0.25, 0.3) is 0 Å². The van der Waals surface area contributed by atoms with Crippen LogP contribution in [-0.2, 0) is 19.1 Å². The van der Waals surface area contributed by atoms with Gasteiger partial charge in [0.05, 0.1) is 12.6 Å². The normalized spacial score (nSPS) is 17.9. The van der Waals surface area contributed by atoms with Gasteiger partial charge in [-0.2, -0.15) is 0 Å². The third-order valence-electron chi connectivity index (χ3n) is 3.89. The maximum atomic E-state index is 12.4. The van der Waals surface area contributed by atoms with Crippen LogP contribution in [-0.4, -0.2) is 47.5 Å². The Morgan fingerprint density at radius 3 is 2.65 bits per heavy atom. The summed E-state index contributed by atoms with van der Waals surface area (Å²) >= 11 is 1.05. The van der Waals surface area contributed by atoms with Crippen LogP contribution in [0.1, 0.15) is 27.2 Å². The number of cyclic esters (lactones) is 1. The number of benzene rings is 1. The van der Waals surface area contributed by atoms with E-state index in [1.807, 2.05) is 44.2 Å². The first kappa shape index (κ1) is 20.3. The molecule has 1 saturated heterocycles. The molecule has 0 radical (unpaired) electrons. The van der Waals surface area contributed by atoms with Crippen molar-refractivity contribution in [2.75, 3.05) is 13.2 Å². The molecule has 1 aliphatic heterocycles. The predicted octanol–water partition coefficient (Wildman–Crippen LogP) is 2.61. The molecular formula is C18H24N2O5S. The molecule has 142 valence electrons. The molecule has 0 saturated carbocycles. The van der Waals surface area contributed by atoms with Gasteiger partial charge in [0.2, 0.25) is 0 Å². The molecule has 1 amide bonds. The van der Waals surface area contributed by atoms with Gasteiger partial charge in [0.25, 0.3) is 0 Å². The maximum absolute atomic E-state index is 12.4. The van der Waals surface area contributed by atoms with Crippen molar-refractivity contribution in [1.29, 1.82) is 0 Å². The number of esters is 1. The van der Waals surface area contributed by atoms with Gasteiger partial charge in [0.1, 0.15) is 12.6 Å². The Balaban J connectivity index is 2.06. The van der Waals surface area contributed by atoms with Crippen molar-refractivity contribution >= 4 is 28.9 Å². The zero-order valence-electron chi connectivity index (χ0n) is 15.1. The lowest BCUT2D eigenvalue weighted by molar-refractivity contribution is -0.148. The third-order valence-corrected chi connectivity index (χ3v) is 4.79. The Morgan fingerprint density at radius 1 is 1.35 bits per heavy atom. The molecule has 1 heterocycles. The van der Waals surface area contributed by atoms with E-state index >= 15 is 0 Å². The second kappa shape index (κ2) is 9.59. The molecule has 1 fully saturated rings. The van der Waals surface area contributed by atoms with E-state index in [1.54, 1.807) is 6.92 Å². The number of carbonyl (C=O) groups is 3. The Hall–Kier alpha value is -2.06. The van der Waals surface area contributed by atoms with Gasteiger partial charge in [-0.3, -0.25) is 9.59 Å². The second-order valence-electron chi connectivity index (χ2n) is 6.18. The average Bonchev–Trinajstić information content (AvgIpc) is 2.96.